The number of rotatable bonds is 3. The van der Waals surface area contributed by atoms with E-state index in [-0.39, 0.29) is 0 Å². The summed E-state index contributed by atoms with van der Waals surface area (Å²) in [6.45, 7) is 4.20. The largest absolute Gasteiger partial charge is 0.342 e. The number of aromatic amines is 1. The van der Waals surface area contributed by atoms with E-state index in [4.69, 9.17) is 5.26 Å². The molecule has 3 heteroatoms. The quantitative estimate of drug-likeness (QED) is 0.872. The third kappa shape index (κ3) is 2.54. The second-order valence-corrected chi connectivity index (χ2v) is 4.20. The van der Waals surface area contributed by atoms with E-state index in [1.807, 2.05) is 6.20 Å². The van der Waals surface area contributed by atoms with E-state index < -0.39 is 0 Å². The van der Waals surface area contributed by atoms with Crippen LogP contribution in [-0.2, 0) is 6.42 Å². The summed E-state index contributed by atoms with van der Waals surface area (Å²) in [5, 5.41) is 8.53. The molecule has 0 aliphatic rings. The molecule has 0 atom stereocenters. The van der Waals surface area contributed by atoms with Crippen LogP contribution in [0.2, 0.25) is 0 Å². The first-order valence-electron chi connectivity index (χ1n) is 5.69. The number of H-pyrrole nitrogens is 1. The molecular weight excluding hydrogens is 210 g/mol. The van der Waals surface area contributed by atoms with Crippen molar-refractivity contribution in [3.05, 3.63) is 41.3 Å². The molecular formula is C14H15N3. The molecule has 17 heavy (non-hydrogen) atoms. The predicted molar refractivity (Wildman–Crippen MR) is 67.4 cm³/mol. The summed E-state index contributed by atoms with van der Waals surface area (Å²) in [7, 11) is 0. The minimum atomic E-state index is 0.500. The van der Waals surface area contributed by atoms with Gasteiger partial charge in [-0.15, -0.1) is 0 Å². The third-order valence-corrected chi connectivity index (χ3v) is 2.92. The molecule has 2 rings (SSSR count). The molecule has 0 fully saturated rings. The lowest BCUT2D eigenvalue weighted by atomic mass is 10.1. The van der Waals surface area contributed by atoms with Gasteiger partial charge in [0, 0.05) is 12.8 Å². The van der Waals surface area contributed by atoms with E-state index in [1.54, 1.807) is 0 Å². The highest BCUT2D eigenvalue weighted by Gasteiger charge is 2.04. The van der Waals surface area contributed by atoms with E-state index in [0.29, 0.717) is 12.8 Å². The van der Waals surface area contributed by atoms with Crippen molar-refractivity contribution in [1.82, 2.24) is 9.97 Å². The molecule has 0 amide bonds. The maximum absolute atomic E-state index is 8.53. The predicted octanol–water partition coefficient (Wildman–Crippen LogP) is 3.15. The van der Waals surface area contributed by atoms with Crippen molar-refractivity contribution in [2.75, 3.05) is 0 Å². The fourth-order valence-corrected chi connectivity index (χ4v) is 1.72. The van der Waals surface area contributed by atoms with Crippen LogP contribution in [0, 0.1) is 25.2 Å². The van der Waals surface area contributed by atoms with Gasteiger partial charge in [-0.1, -0.05) is 12.1 Å². The van der Waals surface area contributed by atoms with Crippen LogP contribution in [0.15, 0.2) is 24.4 Å². The smallest absolute Gasteiger partial charge is 0.107 e. The van der Waals surface area contributed by atoms with Gasteiger partial charge in [0.05, 0.1) is 18.0 Å². The standard InChI is InChI=1S/C14H15N3/c1-10-5-6-12(8-11(10)2)13-9-16-14(17-13)4-3-7-15/h5-6,8-9H,3-4H2,1-2H3,(H,16,17). The monoisotopic (exact) mass is 225 g/mol. The third-order valence-electron chi connectivity index (χ3n) is 2.92. The Hall–Kier alpha value is -2.08. The zero-order valence-electron chi connectivity index (χ0n) is 10.1. The summed E-state index contributed by atoms with van der Waals surface area (Å²) in [6, 6.07) is 8.47. The SMILES string of the molecule is Cc1ccc(-c2cnc(CCC#N)[nH]2)cc1C. The Morgan fingerprint density at radius 3 is 2.82 bits per heavy atom. The fourth-order valence-electron chi connectivity index (χ4n) is 1.72. The van der Waals surface area contributed by atoms with Crippen molar-refractivity contribution in [1.29, 1.82) is 5.26 Å². The second-order valence-electron chi connectivity index (χ2n) is 4.20. The molecule has 1 N–H and O–H groups in total. The van der Waals surface area contributed by atoms with Crippen LogP contribution in [0.25, 0.3) is 11.3 Å². The lowest BCUT2D eigenvalue weighted by molar-refractivity contribution is 0.918. The minimum absolute atomic E-state index is 0.500. The fraction of sp³-hybridized carbons (Fsp3) is 0.286. The van der Waals surface area contributed by atoms with Gasteiger partial charge in [0.1, 0.15) is 5.82 Å². The van der Waals surface area contributed by atoms with Gasteiger partial charge in [0.25, 0.3) is 0 Å². The van der Waals surface area contributed by atoms with Crippen LogP contribution in [-0.4, -0.2) is 9.97 Å². The summed E-state index contributed by atoms with van der Waals surface area (Å²) >= 11 is 0. The molecule has 0 aliphatic heterocycles. The lowest BCUT2D eigenvalue weighted by Gasteiger charge is -2.02. The molecule has 0 saturated heterocycles. The molecule has 0 bridgehead atoms. The topological polar surface area (TPSA) is 52.5 Å². The number of nitrogens with one attached hydrogen (secondary N) is 1. The highest BCUT2D eigenvalue weighted by atomic mass is 14.9. The molecule has 1 heterocycles. The maximum Gasteiger partial charge on any atom is 0.107 e. The molecule has 0 aliphatic carbocycles. The van der Waals surface area contributed by atoms with E-state index >= 15 is 0 Å². The Balaban J connectivity index is 2.25. The number of aryl methyl sites for hydroxylation is 3. The molecule has 2 aromatic rings. The number of nitriles is 1. The maximum atomic E-state index is 8.53. The summed E-state index contributed by atoms with van der Waals surface area (Å²) < 4.78 is 0. The van der Waals surface area contributed by atoms with E-state index in [2.05, 4.69) is 48.1 Å². The molecule has 3 nitrogen and oxygen atoms in total. The number of aromatic nitrogens is 2. The Labute approximate surface area is 101 Å². The summed E-state index contributed by atoms with van der Waals surface area (Å²) in [6.07, 6.45) is 3.01. The van der Waals surface area contributed by atoms with Crippen LogP contribution in [0.3, 0.4) is 0 Å². The summed E-state index contributed by atoms with van der Waals surface area (Å²) in [5.74, 6) is 0.875. The lowest BCUT2D eigenvalue weighted by Crippen LogP contribution is -1.87. The van der Waals surface area contributed by atoms with E-state index in [9.17, 15) is 0 Å². The first-order chi connectivity index (χ1) is 8.20. The molecule has 0 spiro atoms. The molecule has 86 valence electrons. The van der Waals surface area contributed by atoms with Gasteiger partial charge in [0.15, 0.2) is 0 Å². The highest BCUT2D eigenvalue weighted by molar-refractivity contribution is 5.60. The second kappa shape index (κ2) is 4.84. The van der Waals surface area contributed by atoms with Gasteiger partial charge in [-0.3, -0.25) is 0 Å². The van der Waals surface area contributed by atoms with Crippen molar-refractivity contribution in [3.8, 4) is 17.3 Å². The van der Waals surface area contributed by atoms with Gasteiger partial charge >= 0.3 is 0 Å². The van der Waals surface area contributed by atoms with Crippen molar-refractivity contribution in [3.63, 3.8) is 0 Å². The average Bonchev–Trinajstić information content (AvgIpc) is 2.79. The first kappa shape index (κ1) is 11.4. The van der Waals surface area contributed by atoms with Gasteiger partial charge in [0.2, 0.25) is 0 Å². The normalized spacial score (nSPS) is 10.2. The first-order valence-corrected chi connectivity index (χ1v) is 5.69. The molecule has 0 radical (unpaired) electrons. The molecule has 0 unspecified atom stereocenters. The van der Waals surface area contributed by atoms with Crippen LogP contribution in [0.4, 0.5) is 0 Å². The van der Waals surface area contributed by atoms with Crippen molar-refractivity contribution < 1.29 is 0 Å². The Kier molecular flexibility index (Phi) is 3.24. The van der Waals surface area contributed by atoms with Crippen LogP contribution >= 0.6 is 0 Å². The summed E-state index contributed by atoms with van der Waals surface area (Å²) in [4.78, 5) is 7.52. The van der Waals surface area contributed by atoms with Gasteiger partial charge < -0.3 is 4.98 Å². The van der Waals surface area contributed by atoms with Crippen molar-refractivity contribution in [2.45, 2.75) is 26.7 Å². The number of imidazole rings is 1. The van der Waals surface area contributed by atoms with Crippen LogP contribution in [0.1, 0.15) is 23.4 Å². The van der Waals surface area contributed by atoms with E-state index in [0.717, 1.165) is 17.1 Å². The van der Waals surface area contributed by atoms with Gasteiger partial charge in [-0.05, 0) is 36.6 Å². The van der Waals surface area contributed by atoms with Crippen LogP contribution in [0.5, 0.6) is 0 Å². The Morgan fingerprint density at radius 2 is 2.12 bits per heavy atom. The number of hydrogen-bond donors (Lipinski definition) is 1. The van der Waals surface area contributed by atoms with Crippen LogP contribution < -0.4 is 0 Å². The zero-order chi connectivity index (χ0) is 12.3. The minimum Gasteiger partial charge on any atom is -0.342 e. The molecule has 0 saturated carbocycles. The molecule has 1 aromatic carbocycles. The molecule has 1 aromatic heterocycles. The highest BCUT2D eigenvalue weighted by Crippen LogP contribution is 2.20. The number of benzene rings is 1. The van der Waals surface area contributed by atoms with Gasteiger partial charge in [-0.2, -0.15) is 5.26 Å². The number of nitrogens with zero attached hydrogens (tertiary/aromatic N) is 2. The summed E-state index contributed by atoms with van der Waals surface area (Å²) in [5.41, 5.74) is 4.72. The Morgan fingerprint density at radius 1 is 1.29 bits per heavy atom. The zero-order valence-corrected chi connectivity index (χ0v) is 10.1. The number of hydrogen-bond acceptors (Lipinski definition) is 2. The van der Waals surface area contributed by atoms with Gasteiger partial charge in [-0.25, -0.2) is 4.98 Å². The van der Waals surface area contributed by atoms with Crippen molar-refractivity contribution >= 4 is 0 Å². The van der Waals surface area contributed by atoms with E-state index in [1.165, 1.54) is 11.1 Å². The Bertz CT molecular complexity index is 561. The van der Waals surface area contributed by atoms with Crippen molar-refractivity contribution in [2.24, 2.45) is 0 Å². The average molecular weight is 225 g/mol.